The molecule has 0 aliphatic heterocycles. The average Bonchev–Trinajstić information content (AvgIpc) is 2.24. The van der Waals surface area contributed by atoms with E-state index in [-0.39, 0.29) is 25.0 Å². The maximum absolute atomic E-state index is 11.7. The minimum atomic E-state index is -0.987. The van der Waals surface area contributed by atoms with Crippen molar-refractivity contribution in [1.29, 1.82) is 0 Å². The Labute approximate surface area is 109 Å². The quantitative estimate of drug-likeness (QED) is 0.685. The van der Waals surface area contributed by atoms with E-state index >= 15 is 0 Å². The van der Waals surface area contributed by atoms with Crippen LogP contribution in [0.25, 0.3) is 0 Å². The van der Waals surface area contributed by atoms with Crippen LogP contribution in [0.15, 0.2) is 0 Å². The van der Waals surface area contributed by atoms with Crippen molar-refractivity contribution in [3.63, 3.8) is 0 Å². The molecule has 0 aliphatic carbocycles. The van der Waals surface area contributed by atoms with E-state index < -0.39 is 5.97 Å². The van der Waals surface area contributed by atoms with Crippen molar-refractivity contribution in [3.8, 4) is 0 Å². The highest BCUT2D eigenvalue weighted by Gasteiger charge is 2.15. The van der Waals surface area contributed by atoms with Gasteiger partial charge in [0.2, 0.25) is 5.91 Å². The highest BCUT2D eigenvalue weighted by molar-refractivity contribution is 5.81. The fraction of sp³-hybridized carbons (Fsp3) is 0.846. The molecule has 0 aromatic rings. The number of amides is 1. The summed E-state index contributed by atoms with van der Waals surface area (Å²) in [7, 11) is 0. The van der Waals surface area contributed by atoms with Crippen molar-refractivity contribution in [2.45, 2.75) is 46.6 Å². The summed E-state index contributed by atoms with van der Waals surface area (Å²) in [5, 5.41) is 8.65. The molecule has 1 atom stereocenters. The predicted molar refractivity (Wildman–Crippen MR) is 69.4 cm³/mol. The number of carbonyl (C=O) groups is 2. The predicted octanol–water partition coefficient (Wildman–Crippen LogP) is 1.76. The lowest BCUT2D eigenvalue weighted by Gasteiger charge is -2.19. The fourth-order valence-electron chi connectivity index (χ4n) is 1.78. The van der Waals surface area contributed by atoms with Crippen LogP contribution < -0.4 is 0 Å². The fourth-order valence-corrected chi connectivity index (χ4v) is 1.78. The van der Waals surface area contributed by atoms with E-state index in [1.165, 1.54) is 4.90 Å². The smallest absolute Gasteiger partial charge is 0.323 e. The zero-order valence-corrected chi connectivity index (χ0v) is 11.8. The van der Waals surface area contributed by atoms with Crippen molar-refractivity contribution in [3.05, 3.63) is 0 Å². The van der Waals surface area contributed by atoms with E-state index in [4.69, 9.17) is 9.84 Å². The van der Waals surface area contributed by atoms with E-state index in [9.17, 15) is 9.59 Å². The molecule has 5 heteroatoms. The number of carboxylic acids is 1. The molecule has 0 aromatic heterocycles. The summed E-state index contributed by atoms with van der Waals surface area (Å²) in [6, 6.07) is 0. The van der Waals surface area contributed by atoms with Crippen LogP contribution in [-0.2, 0) is 14.3 Å². The molecule has 0 saturated carbocycles. The third-order valence-corrected chi connectivity index (χ3v) is 2.58. The molecule has 0 heterocycles. The minimum absolute atomic E-state index is 0.132. The van der Waals surface area contributed by atoms with Gasteiger partial charge in [-0.25, -0.2) is 0 Å². The van der Waals surface area contributed by atoms with Gasteiger partial charge in [0.25, 0.3) is 0 Å². The minimum Gasteiger partial charge on any atom is -0.480 e. The molecule has 0 saturated heterocycles. The van der Waals surface area contributed by atoms with Crippen LogP contribution in [0, 0.1) is 5.92 Å². The molecular weight excluding hydrogens is 234 g/mol. The van der Waals surface area contributed by atoms with Crippen LogP contribution in [0.2, 0.25) is 0 Å². The van der Waals surface area contributed by atoms with Crippen LogP contribution in [0.5, 0.6) is 0 Å². The molecule has 106 valence electrons. The number of hydrogen-bond acceptors (Lipinski definition) is 3. The molecule has 5 nitrogen and oxygen atoms in total. The Morgan fingerprint density at radius 1 is 1.28 bits per heavy atom. The molecule has 1 N–H and O–H groups in total. The van der Waals surface area contributed by atoms with E-state index in [0.717, 1.165) is 6.42 Å². The first kappa shape index (κ1) is 16.9. The van der Waals surface area contributed by atoms with Gasteiger partial charge in [0.15, 0.2) is 0 Å². The van der Waals surface area contributed by atoms with Crippen LogP contribution in [0.1, 0.15) is 40.5 Å². The number of hydrogen-bond donors (Lipinski definition) is 1. The molecule has 1 unspecified atom stereocenters. The number of carboxylic acid groups (broad SMARTS) is 1. The first-order valence-corrected chi connectivity index (χ1v) is 6.48. The van der Waals surface area contributed by atoms with Crippen molar-refractivity contribution in [1.82, 2.24) is 4.90 Å². The van der Waals surface area contributed by atoms with E-state index in [0.29, 0.717) is 19.1 Å². The van der Waals surface area contributed by atoms with E-state index in [1.807, 2.05) is 6.92 Å². The number of rotatable bonds is 9. The molecule has 0 aliphatic rings. The van der Waals surface area contributed by atoms with Gasteiger partial charge in [0, 0.05) is 6.54 Å². The lowest BCUT2D eigenvalue weighted by atomic mass is 10.1. The maximum atomic E-state index is 11.7. The molecule has 0 fully saturated rings. The summed E-state index contributed by atoms with van der Waals surface area (Å²) in [5.74, 6) is -0.592. The zero-order valence-electron chi connectivity index (χ0n) is 11.8. The monoisotopic (exact) mass is 259 g/mol. The Balaban J connectivity index is 3.90. The van der Waals surface area contributed by atoms with Gasteiger partial charge in [-0.3, -0.25) is 9.59 Å². The number of nitrogens with zero attached hydrogens (tertiary/aromatic N) is 1. The number of ether oxygens (including phenoxy) is 1. The summed E-state index contributed by atoms with van der Waals surface area (Å²) in [5.41, 5.74) is 0. The van der Waals surface area contributed by atoms with Gasteiger partial charge in [0.05, 0.1) is 19.1 Å². The second-order valence-electron chi connectivity index (χ2n) is 4.86. The summed E-state index contributed by atoms with van der Waals surface area (Å²) in [6.07, 6.45) is 1.33. The third-order valence-electron chi connectivity index (χ3n) is 2.58. The molecule has 0 radical (unpaired) electrons. The van der Waals surface area contributed by atoms with Crippen molar-refractivity contribution >= 4 is 11.9 Å². The van der Waals surface area contributed by atoms with Crippen LogP contribution in [-0.4, -0.2) is 47.7 Å². The zero-order chi connectivity index (χ0) is 14.1. The second-order valence-corrected chi connectivity index (χ2v) is 4.86. The van der Waals surface area contributed by atoms with Gasteiger partial charge in [-0.05, 0) is 26.2 Å². The maximum Gasteiger partial charge on any atom is 0.323 e. The molecule has 0 aromatic carbocycles. The number of likely N-dealkylation sites (N-methyl/N-ethyl adjacent to an activating group) is 1. The Hall–Kier alpha value is -1.10. The van der Waals surface area contributed by atoms with Gasteiger partial charge >= 0.3 is 5.97 Å². The topological polar surface area (TPSA) is 66.8 Å². The van der Waals surface area contributed by atoms with Crippen LogP contribution in [0.4, 0.5) is 0 Å². The van der Waals surface area contributed by atoms with Crippen molar-refractivity contribution in [2.24, 2.45) is 5.92 Å². The largest absolute Gasteiger partial charge is 0.480 e. The SMILES string of the molecule is CCN(CC(=O)O)C(=O)CCOC(C)CC(C)C. The van der Waals surface area contributed by atoms with E-state index in [2.05, 4.69) is 13.8 Å². The molecule has 0 bridgehead atoms. The van der Waals surface area contributed by atoms with Crippen LogP contribution in [0.3, 0.4) is 0 Å². The Morgan fingerprint density at radius 2 is 1.89 bits per heavy atom. The van der Waals surface area contributed by atoms with Crippen molar-refractivity contribution < 1.29 is 19.4 Å². The molecule has 0 rings (SSSR count). The molecule has 0 spiro atoms. The number of aliphatic carboxylic acids is 1. The van der Waals surface area contributed by atoms with Gasteiger partial charge < -0.3 is 14.7 Å². The van der Waals surface area contributed by atoms with E-state index in [1.54, 1.807) is 6.92 Å². The third kappa shape index (κ3) is 8.06. The highest BCUT2D eigenvalue weighted by atomic mass is 16.5. The van der Waals surface area contributed by atoms with Crippen molar-refractivity contribution in [2.75, 3.05) is 19.7 Å². The normalized spacial score (nSPS) is 12.5. The second kappa shape index (κ2) is 8.91. The van der Waals surface area contributed by atoms with Gasteiger partial charge in [-0.2, -0.15) is 0 Å². The Kier molecular flexibility index (Phi) is 8.37. The molecular formula is C13H25NO4. The number of carbonyl (C=O) groups excluding carboxylic acids is 1. The van der Waals surface area contributed by atoms with Crippen LogP contribution >= 0.6 is 0 Å². The first-order chi connectivity index (χ1) is 8.36. The lowest BCUT2D eigenvalue weighted by Crippen LogP contribution is -2.36. The summed E-state index contributed by atoms with van der Waals surface area (Å²) >= 11 is 0. The summed E-state index contributed by atoms with van der Waals surface area (Å²) in [4.78, 5) is 23.6. The first-order valence-electron chi connectivity index (χ1n) is 6.48. The molecule has 1 amide bonds. The van der Waals surface area contributed by atoms with Gasteiger partial charge in [-0.1, -0.05) is 13.8 Å². The lowest BCUT2D eigenvalue weighted by molar-refractivity contribution is -0.144. The Morgan fingerprint density at radius 3 is 2.33 bits per heavy atom. The van der Waals surface area contributed by atoms with Gasteiger partial charge in [0.1, 0.15) is 6.54 Å². The molecule has 18 heavy (non-hydrogen) atoms. The Bertz CT molecular complexity index is 266. The average molecular weight is 259 g/mol. The standard InChI is InChI=1S/C13H25NO4/c1-5-14(9-13(16)17)12(15)6-7-18-11(4)8-10(2)3/h10-11H,5-9H2,1-4H3,(H,16,17). The highest BCUT2D eigenvalue weighted by Crippen LogP contribution is 2.08. The summed E-state index contributed by atoms with van der Waals surface area (Å²) < 4.78 is 5.53. The summed E-state index contributed by atoms with van der Waals surface area (Å²) in [6.45, 7) is 8.52. The van der Waals surface area contributed by atoms with Gasteiger partial charge in [-0.15, -0.1) is 0 Å².